The molecular formula is C19H24Cl2N4OS2. The van der Waals surface area contributed by atoms with Crippen LogP contribution in [0, 0.1) is 20.8 Å². The Morgan fingerprint density at radius 3 is 2.39 bits per heavy atom. The third-order valence-electron chi connectivity index (χ3n) is 4.25. The van der Waals surface area contributed by atoms with Crippen molar-refractivity contribution in [3.05, 3.63) is 38.3 Å². The number of thiazole rings is 2. The van der Waals surface area contributed by atoms with Crippen LogP contribution in [-0.4, -0.2) is 48.0 Å². The van der Waals surface area contributed by atoms with Crippen molar-refractivity contribution in [1.82, 2.24) is 14.9 Å². The SMILES string of the molecule is Cc1nc(C)c(C(=O)N(CCCN(C)C)c2nc3c(C)ccc(Cl)c3s2)s1.Cl. The van der Waals surface area contributed by atoms with E-state index in [2.05, 4.69) is 9.88 Å². The highest BCUT2D eigenvalue weighted by Crippen LogP contribution is 2.36. The summed E-state index contributed by atoms with van der Waals surface area (Å²) in [6.45, 7) is 7.32. The van der Waals surface area contributed by atoms with Gasteiger partial charge >= 0.3 is 0 Å². The molecule has 3 rings (SSSR count). The van der Waals surface area contributed by atoms with Gasteiger partial charge in [-0.25, -0.2) is 9.97 Å². The van der Waals surface area contributed by atoms with Crippen molar-refractivity contribution in [1.29, 1.82) is 0 Å². The fourth-order valence-corrected chi connectivity index (χ4v) is 5.10. The van der Waals surface area contributed by atoms with E-state index in [0.29, 0.717) is 21.6 Å². The fraction of sp³-hybridized carbons (Fsp3) is 0.421. The predicted octanol–water partition coefficient (Wildman–Crippen LogP) is 5.35. The van der Waals surface area contributed by atoms with Crippen LogP contribution in [0.5, 0.6) is 0 Å². The second-order valence-electron chi connectivity index (χ2n) is 6.80. The number of amides is 1. The van der Waals surface area contributed by atoms with Gasteiger partial charge in [0.1, 0.15) is 4.88 Å². The molecule has 0 saturated carbocycles. The van der Waals surface area contributed by atoms with Crippen LogP contribution in [0.15, 0.2) is 12.1 Å². The molecule has 152 valence electrons. The molecule has 0 unspecified atom stereocenters. The number of hydrogen-bond donors (Lipinski definition) is 0. The maximum Gasteiger partial charge on any atom is 0.272 e. The molecular weight excluding hydrogens is 435 g/mol. The molecule has 0 saturated heterocycles. The minimum absolute atomic E-state index is 0. The van der Waals surface area contributed by atoms with Crippen LogP contribution in [0.4, 0.5) is 5.13 Å². The van der Waals surface area contributed by atoms with Crippen LogP contribution in [0.3, 0.4) is 0 Å². The summed E-state index contributed by atoms with van der Waals surface area (Å²) in [5.41, 5.74) is 2.70. The maximum atomic E-state index is 13.3. The second-order valence-corrected chi connectivity index (χ2v) is 9.39. The average Bonchev–Trinajstić information content (AvgIpc) is 3.18. The van der Waals surface area contributed by atoms with Gasteiger partial charge < -0.3 is 4.90 Å². The molecule has 0 aliphatic heterocycles. The summed E-state index contributed by atoms with van der Waals surface area (Å²) in [6, 6.07) is 3.85. The lowest BCUT2D eigenvalue weighted by atomic mass is 10.2. The number of carbonyl (C=O) groups excluding carboxylic acids is 1. The summed E-state index contributed by atoms with van der Waals surface area (Å²) >= 11 is 9.28. The molecule has 3 aromatic rings. The van der Waals surface area contributed by atoms with E-state index in [9.17, 15) is 4.79 Å². The Balaban J connectivity index is 0.00000280. The lowest BCUT2D eigenvalue weighted by Crippen LogP contribution is -2.33. The lowest BCUT2D eigenvalue weighted by molar-refractivity contribution is 0.0989. The second kappa shape index (κ2) is 9.50. The summed E-state index contributed by atoms with van der Waals surface area (Å²) in [6.07, 6.45) is 0.859. The molecule has 0 atom stereocenters. The molecule has 2 aromatic heterocycles. The lowest BCUT2D eigenvalue weighted by Gasteiger charge is -2.20. The van der Waals surface area contributed by atoms with E-state index < -0.39 is 0 Å². The van der Waals surface area contributed by atoms with Crippen LogP contribution < -0.4 is 4.90 Å². The molecule has 1 amide bonds. The highest BCUT2D eigenvalue weighted by molar-refractivity contribution is 7.23. The predicted molar refractivity (Wildman–Crippen MR) is 123 cm³/mol. The van der Waals surface area contributed by atoms with Crippen LogP contribution in [0.1, 0.15) is 32.4 Å². The molecule has 0 fully saturated rings. The van der Waals surface area contributed by atoms with Crippen molar-refractivity contribution in [3.63, 3.8) is 0 Å². The minimum Gasteiger partial charge on any atom is -0.309 e. The van der Waals surface area contributed by atoms with Gasteiger partial charge in [0, 0.05) is 6.54 Å². The molecule has 28 heavy (non-hydrogen) atoms. The van der Waals surface area contributed by atoms with Crippen molar-refractivity contribution in [2.75, 3.05) is 32.1 Å². The van der Waals surface area contributed by atoms with Gasteiger partial charge in [0.15, 0.2) is 5.13 Å². The zero-order valence-electron chi connectivity index (χ0n) is 16.6. The summed E-state index contributed by atoms with van der Waals surface area (Å²) in [5, 5.41) is 2.26. The van der Waals surface area contributed by atoms with E-state index in [1.54, 1.807) is 4.90 Å². The molecule has 0 bridgehead atoms. The van der Waals surface area contributed by atoms with Gasteiger partial charge in [-0.15, -0.1) is 23.7 Å². The first-order valence-corrected chi connectivity index (χ1v) is 10.7. The fourth-order valence-electron chi connectivity index (χ4n) is 2.89. The molecule has 0 spiro atoms. The first kappa shape index (κ1) is 23.0. The highest BCUT2D eigenvalue weighted by atomic mass is 35.5. The Bertz CT molecular complexity index is 945. The zero-order chi connectivity index (χ0) is 19.7. The topological polar surface area (TPSA) is 49.3 Å². The Labute approximate surface area is 184 Å². The third kappa shape index (κ3) is 4.83. The number of anilines is 1. The van der Waals surface area contributed by atoms with Crippen LogP contribution >= 0.6 is 46.7 Å². The molecule has 0 radical (unpaired) electrons. The standard InChI is InChI=1S/C19H23ClN4OS2.ClH/c1-11-7-8-14(20)17-15(11)22-19(27-17)24(10-6-9-23(4)5)18(25)16-12(2)21-13(3)26-16;/h7-8H,6,9-10H2,1-5H3;1H. The van der Waals surface area contributed by atoms with Crippen LogP contribution in [-0.2, 0) is 0 Å². The first-order chi connectivity index (χ1) is 12.8. The van der Waals surface area contributed by atoms with E-state index in [4.69, 9.17) is 16.6 Å². The van der Waals surface area contributed by atoms with E-state index in [-0.39, 0.29) is 18.3 Å². The van der Waals surface area contributed by atoms with Crippen molar-refractivity contribution >= 4 is 67.9 Å². The number of nitrogens with zero attached hydrogens (tertiary/aromatic N) is 4. The first-order valence-electron chi connectivity index (χ1n) is 8.74. The zero-order valence-corrected chi connectivity index (χ0v) is 19.8. The number of fused-ring (bicyclic) bond motifs is 1. The van der Waals surface area contributed by atoms with Gasteiger partial charge in [-0.2, -0.15) is 0 Å². The summed E-state index contributed by atoms with van der Waals surface area (Å²) < 4.78 is 0.925. The van der Waals surface area contributed by atoms with Crippen LogP contribution in [0.2, 0.25) is 5.02 Å². The number of rotatable bonds is 6. The van der Waals surface area contributed by atoms with Crippen molar-refractivity contribution in [3.8, 4) is 0 Å². The molecule has 9 heteroatoms. The van der Waals surface area contributed by atoms with E-state index in [0.717, 1.165) is 39.4 Å². The van der Waals surface area contributed by atoms with E-state index >= 15 is 0 Å². The monoisotopic (exact) mass is 458 g/mol. The van der Waals surface area contributed by atoms with Gasteiger partial charge in [-0.3, -0.25) is 9.69 Å². The van der Waals surface area contributed by atoms with Gasteiger partial charge in [-0.05, 0) is 59.5 Å². The Morgan fingerprint density at radius 1 is 1.11 bits per heavy atom. The number of aromatic nitrogens is 2. The van der Waals surface area contributed by atoms with Crippen molar-refractivity contribution in [2.24, 2.45) is 0 Å². The van der Waals surface area contributed by atoms with E-state index in [1.807, 2.05) is 47.0 Å². The molecule has 1 aromatic carbocycles. The summed E-state index contributed by atoms with van der Waals surface area (Å²) in [4.78, 5) is 27.1. The minimum atomic E-state index is -0.0373. The van der Waals surface area contributed by atoms with Crippen LogP contribution in [0.25, 0.3) is 10.2 Å². The Kier molecular flexibility index (Phi) is 7.81. The average molecular weight is 459 g/mol. The maximum absolute atomic E-state index is 13.3. The summed E-state index contributed by atoms with van der Waals surface area (Å²) in [5.74, 6) is -0.0373. The molecule has 0 aliphatic carbocycles. The van der Waals surface area contributed by atoms with E-state index in [1.165, 1.54) is 22.7 Å². The Hall–Kier alpha value is -1.25. The Morgan fingerprint density at radius 2 is 1.82 bits per heavy atom. The van der Waals surface area contributed by atoms with Crippen molar-refractivity contribution in [2.45, 2.75) is 27.2 Å². The summed E-state index contributed by atoms with van der Waals surface area (Å²) in [7, 11) is 4.06. The molecule has 0 N–H and O–H groups in total. The van der Waals surface area contributed by atoms with Gasteiger partial charge in [0.2, 0.25) is 0 Å². The number of aryl methyl sites for hydroxylation is 3. The van der Waals surface area contributed by atoms with Gasteiger partial charge in [-0.1, -0.05) is 29.0 Å². The van der Waals surface area contributed by atoms with Crippen molar-refractivity contribution < 1.29 is 4.79 Å². The van der Waals surface area contributed by atoms with Gasteiger partial charge in [0.25, 0.3) is 5.91 Å². The third-order valence-corrected chi connectivity index (χ3v) is 6.85. The van der Waals surface area contributed by atoms with Gasteiger partial charge in [0.05, 0.1) is 25.9 Å². The molecule has 5 nitrogen and oxygen atoms in total. The number of halogens is 2. The number of benzene rings is 1. The molecule has 0 aliphatic rings. The largest absolute Gasteiger partial charge is 0.309 e. The number of hydrogen-bond acceptors (Lipinski definition) is 6. The smallest absolute Gasteiger partial charge is 0.272 e. The quantitative estimate of drug-likeness (QED) is 0.499. The normalized spacial score (nSPS) is 11.1. The highest BCUT2D eigenvalue weighted by Gasteiger charge is 2.25. The molecule has 2 heterocycles. The number of carbonyl (C=O) groups is 1.